The van der Waals surface area contributed by atoms with Crippen molar-refractivity contribution in [1.29, 1.82) is 0 Å². The van der Waals surface area contributed by atoms with Gasteiger partial charge in [0.05, 0.1) is 25.3 Å². The van der Waals surface area contributed by atoms with E-state index >= 15 is 0 Å². The molecule has 4 heteroatoms. The van der Waals surface area contributed by atoms with Gasteiger partial charge in [-0.05, 0) is 48.8 Å². The summed E-state index contributed by atoms with van der Waals surface area (Å²) in [6, 6.07) is 22.9. The molecule has 0 saturated carbocycles. The van der Waals surface area contributed by atoms with Gasteiger partial charge in [0.2, 0.25) is 0 Å². The van der Waals surface area contributed by atoms with E-state index < -0.39 is 0 Å². The predicted molar refractivity (Wildman–Crippen MR) is 116 cm³/mol. The van der Waals surface area contributed by atoms with Crippen LogP contribution in [0.1, 0.15) is 55.3 Å². The van der Waals surface area contributed by atoms with Gasteiger partial charge in [0.15, 0.2) is 0 Å². The molecule has 4 aliphatic heterocycles. The molecular weight excluding hydrogens is 372 g/mol. The molecule has 0 spiro atoms. The van der Waals surface area contributed by atoms with E-state index in [0.717, 1.165) is 32.5 Å². The van der Waals surface area contributed by atoms with Crippen LogP contribution in [-0.4, -0.2) is 41.5 Å². The van der Waals surface area contributed by atoms with Crippen LogP contribution >= 0.6 is 0 Å². The lowest BCUT2D eigenvalue weighted by atomic mass is 9.88. The van der Waals surface area contributed by atoms with E-state index in [1.54, 1.807) is 5.57 Å². The molecule has 2 aromatic rings. The molecule has 0 aromatic heterocycles. The summed E-state index contributed by atoms with van der Waals surface area (Å²) >= 11 is 0. The molecule has 3 fully saturated rings. The van der Waals surface area contributed by atoms with Crippen molar-refractivity contribution in [2.45, 2.75) is 62.7 Å². The first-order valence-electron chi connectivity index (χ1n) is 11.5. The summed E-state index contributed by atoms with van der Waals surface area (Å²) in [6.07, 6.45) is 8.75. The average Bonchev–Trinajstić information content (AvgIpc) is 3.44. The molecule has 156 valence electrons. The highest BCUT2D eigenvalue weighted by Gasteiger charge is 2.45. The van der Waals surface area contributed by atoms with Crippen LogP contribution < -0.4 is 0 Å². The maximum absolute atomic E-state index is 6.28. The number of nitrogens with zero attached hydrogens (tertiary/aromatic N) is 2. The molecule has 30 heavy (non-hydrogen) atoms. The Morgan fingerprint density at radius 2 is 1.33 bits per heavy atom. The van der Waals surface area contributed by atoms with Crippen molar-refractivity contribution in [2.75, 3.05) is 13.2 Å². The Hall–Kier alpha value is -2.14. The normalized spacial score (nSPS) is 33.8. The summed E-state index contributed by atoms with van der Waals surface area (Å²) in [6.45, 7) is 1.59. The highest BCUT2D eigenvalue weighted by atomic mass is 16.5. The van der Waals surface area contributed by atoms with E-state index in [0.29, 0.717) is 18.1 Å². The fourth-order valence-corrected chi connectivity index (χ4v) is 5.90. The first kappa shape index (κ1) is 18.6. The van der Waals surface area contributed by atoms with Gasteiger partial charge in [-0.1, -0.05) is 60.7 Å². The van der Waals surface area contributed by atoms with E-state index in [2.05, 4.69) is 76.7 Å². The lowest BCUT2D eigenvalue weighted by molar-refractivity contribution is -0.0212. The molecule has 5 atom stereocenters. The minimum atomic E-state index is 0.220. The van der Waals surface area contributed by atoms with Crippen LogP contribution in [-0.2, 0) is 9.47 Å². The Balaban J connectivity index is 1.31. The topological polar surface area (TPSA) is 24.9 Å². The number of hydrogen-bond donors (Lipinski definition) is 0. The number of ether oxygens (including phenoxy) is 2. The van der Waals surface area contributed by atoms with E-state index in [-0.39, 0.29) is 12.5 Å². The Labute approximate surface area is 179 Å². The molecule has 4 aliphatic rings. The predicted octanol–water partition coefficient (Wildman–Crippen LogP) is 5.02. The number of piperidine rings is 1. The first-order chi connectivity index (χ1) is 14.9. The number of hydrogen-bond acceptors (Lipinski definition) is 4. The zero-order chi connectivity index (χ0) is 19.9. The molecular formula is C26H30N2O2. The van der Waals surface area contributed by atoms with Gasteiger partial charge in [0.1, 0.15) is 12.5 Å². The fourth-order valence-electron chi connectivity index (χ4n) is 5.90. The largest absolute Gasteiger partial charge is 0.361 e. The minimum Gasteiger partial charge on any atom is -0.361 e. The molecule has 0 amide bonds. The van der Waals surface area contributed by atoms with Crippen molar-refractivity contribution in [3.63, 3.8) is 0 Å². The van der Waals surface area contributed by atoms with E-state index in [1.165, 1.54) is 24.0 Å². The highest BCUT2D eigenvalue weighted by molar-refractivity contribution is 5.26. The van der Waals surface area contributed by atoms with Crippen LogP contribution in [0.3, 0.4) is 0 Å². The van der Waals surface area contributed by atoms with Crippen molar-refractivity contribution in [3.05, 3.63) is 83.6 Å². The Morgan fingerprint density at radius 1 is 0.667 bits per heavy atom. The van der Waals surface area contributed by atoms with Crippen LogP contribution in [0.2, 0.25) is 0 Å². The number of benzene rings is 2. The third kappa shape index (κ3) is 3.18. The standard InChI is InChI=1S/C26H30N2O2/c1-3-8-19(9-4-1)23-17-29-25-15-14-21(16-27(23)25)22-12-7-13-26-28(22)24(18-30-26)20-10-5-2-6-11-20/h1-6,8-11,16,22-26H,7,12-15,17-18H2/t22-,23-,24-,25?,26?/m0/s1. The van der Waals surface area contributed by atoms with E-state index in [9.17, 15) is 0 Å². The van der Waals surface area contributed by atoms with Gasteiger partial charge >= 0.3 is 0 Å². The zero-order valence-corrected chi connectivity index (χ0v) is 17.4. The smallest absolute Gasteiger partial charge is 0.130 e. The van der Waals surface area contributed by atoms with Gasteiger partial charge in [-0.15, -0.1) is 0 Å². The molecule has 2 unspecified atom stereocenters. The molecule has 4 heterocycles. The molecule has 6 rings (SSSR count). The van der Waals surface area contributed by atoms with Crippen molar-refractivity contribution in [3.8, 4) is 0 Å². The van der Waals surface area contributed by atoms with Gasteiger partial charge in [0, 0.05) is 12.2 Å². The Morgan fingerprint density at radius 3 is 2.10 bits per heavy atom. The third-order valence-corrected chi connectivity index (χ3v) is 7.36. The van der Waals surface area contributed by atoms with E-state index in [1.807, 2.05) is 0 Å². The number of fused-ring (bicyclic) bond motifs is 2. The molecule has 4 nitrogen and oxygen atoms in total. The quantitative estimate of drug-likeness (QED) is 0.720. The van der Waals surface area contributed by atoms with Gasteiger partial charge in [-0.2, -0.15) is 0 Å². The summed E-state index contributed by atoms with van der Waals surface area (Å²) in [5, 5.41) is 0. The lowest BCUT2D eigenvalue weighted by Crippen LogP contribution is -2.47. The molecule has 2 aromatic carbocycles. The lowest BCUT2D eigenvalue weighted by Gasteiger charge is -2.43. The fraction of sp³-hybridized carbons (Fsp3) is 0.462. The average molecular weight is 403 g/mol. The van der Waals surface area contributed by atoms with Crippen molar-refractivity contribution >= 4 is 0 Å². The van der Waals surface area contributed by atoms with Crippen LogP contribution in [0.4, 0.5) is 0 Å². The van der Waals surface area contributed by atoms with Gasteiger partial charge in [-0.25, -0.2) is 0 Å². The second-order valence-electron chi connectivity index (χ2n) is 9.01. The van der Waals surface area contributed by atoms with Crippen molar-refractivity contribution < 1.29 is 9.47 Å². The molecule has 0 radical (unpaired) electrons. The summed E-state index contributed by atoms with van der Waals surface area (Å²) < 4.78 is 12.5. The second kappa shape index (κ2) is 7.84. The summed E-state index contributed by atoms with van der Waals surface area (Å²) in [5.74, 6) is 0. The van der Waals surface area contributed by atoms with Crippen molar-refractivity contribution in [2.24, 2.45) is 0 Å². The number of rotatable bonds is 3. The maximum Gasteiger partial charge on any atom is 0.130 e. The van der Waals surface area contributed by atoms with Crippen molar-refractivity contribution in [1.82, 2.24) is 9.80 Å². The molecule has 0 N–H and O–H groups in total. The Kier molecular flexibility index (Phi) is 4.87. The Bertz CT molecular complexity index is 900. The van der Waals surface area contributed by atoms with Crippen LogP contribution in [0.5, 0.6) is 0 Å². The summed E-state index contributed by atoms with van der Waals surface area (Å²) in [5.41, 5.74) is 4.30. The van der Waals surface area contributed by atoms with Gasteiger partial charge < -0.3 is 14.4 Å². The van der Waals surface area contributed by atoms with Gasteiger partial charge in [-0.3, -0.25) is 4.90 Å². The minimum absolute atomic E-state index is 0.220. The van der Waals surface area contributed by atoms with Gasteiger partial charge in [0.25, 0.3) is 0 Å². The summed E-state index contributed by atoms with van der Waals surface area (Å²) in [4.78, 5) is 5.17. The SMILES string of the molecule is C1=C([C@@H]2CCCC3OC[C@@H](c4ccccc4)N32)CCC2OC[C@@H](c3ccccc3)N12. The second-order valence-corrected chi connectivity index (χ2v) is 9.01. The highest BCUT2D eigenvalue weighted by Crippen LogP contribution is 2.44. The summed E-state index contributed by atoms with van der Waals surface area (Å²) in [7, 11) is 0. The molecule has 0 aliphatic carbocycles. The third-order valence-electron chi connectivity index (χ3n) is 7.36. The van der Waals surface area contributed by atoms with Crippen LogP contribution in [0, 0.1) is 0 Å². The monoisotopic (exact) mass is 402 g/mol. The van der Waals surface area contributed by atoms with Crippen LogP contribution in [0.15, 0.2) is 72.4 Å². The first-order valence-corrected chi connectivity index (χ1v) is 11.5. The maximum atomic E-state index is 6.28. The van der Waals surface area contributed by atoms with Crippen LogP contribution in [0.25, 0.3) is 0 Å². The van der Waals surface area contributed by atoms with E-state index in [4.69, 9.17) is 9.47 Å². The molecule has 3 saturated heterocycles. The molecule has 0 bridgehead atoms. The zero-order valence-electron chi connectivity index (χ0n) is 17.4.